The lowest BCUT2D eigenvalue weighted by molar-refractivity contribution is 0.0473. The van der Waals surface area contributed by atoms with E-state index in [-0.39, 0.29) is 11.3 Å². The number of nitrogens with zero attached hydrogens (tertiary/aromatic N) is 1. The van der Waals surface area contributed by atoms with Crippen molar-refractivity contribution in [2.45, 2.75) is 50.5 Å². The number of hydrogen-bond donors (Lipinski definition) is 0. The van der Waals surface area contributed by atoms with Crippen LogP contribution in [0.3, 0.4) is 0 Å². The van der Waals surface area contributed by atoms with Crippen LogP contribution in [0.15, 0.2) is 22.7 Å². The van der Waals surface area contributed by atoms with Crippen molar-refractivity contribution < 1.29 is 9.18 Å². The third-order valence-electron chi connectivity index (χ3n) is 5.01. The molecule has 2 nitrogen and oxygen atoms in total. The number of likely N-dealkylation sites (tertiary alicyclic amines) is 1. The molecule has 0 spiro atoms. The lowest BCUT2D eigenvalue weighted by Gasteiger charge is -2.42. The Kier molecular flexibility index (Phi) is 4.46. The molecule has 0 N–H and O–H groups in total. The Balaban J connectivity index is 1.96. The van der Waals surface area contributed by atoms with E-state index in [4.69, 9.17) is 0 Å². The maximum atomic E-state index is 14.4. The molecule has 1 aromatic rings. The molecule has 0 atom stereocenters. The van der Waals surface area contributed by atoms with E-state index in [9.17, 15) is 9.18 Å². The summed E-state index contributed by atoms with van der Waals surface area (Å²) >= 11 is 3.20. The number of carbonyl (C=O) groups excluding carboxylic acids is 1. The van der Waals surface area contributed by atoms with Crippen LogP contribution in [0.4, 0.5) is 4.39 Å². The van der Waals surface area contributed by atoms with Crippen LogP contribution in [-0.2, 0) is 0 Å². The van der Waals surface area contributed by atoms with Crippen molar-refractivity contribution in [1.29, 1.82) is 0 Å². The molecule has 21 heavy (non-hydrogen) atoms. The molecule has 0 aromatic heterocycles. The zero-order chi connectivity index (χ0) is 14.9. The van der Waals surface area contributed by atoms with E-state index in [0.717, 1.165) is 51.6 Å². The average Bonchev–Trinajstić information content (AvgIpc) is 3.01. The molecule has 1 saturated carbocycles. The number of halogens is 2. The van der Waals surface area contributed by atoms with E-state index in [1.165, 1.54) is 6.42 Å². The summed E-state index contributed by atoms with van der Waals surface area (Å²) in [6.07, 6.45) is 7.42. The first kappa shape index (κ1) is 15.2. The van der Waals surface area contributed by atoms with Gasteiger partial charge in [-0.2, -0.15) is 0 Å². The Morgan fingerprint density at radius 1 is 1.10 bits per heavy atom. The first-order chi connectivity index (χ1) is 10.1. The quantitative estimate of drug-likeness (QED) is 0.741. The lowest BCUT2D eigenvalue weighted by atomic mass is 9.84. The molecule has 1 saturated heterocycles. The largest absolute Gasteiger partial charge is 0.292 e. The van der Waals surface area contributed by atoms with Gasteiger partial charge in [0.05, 0.1) is 15.6 Å². The summed E-state index contributed by atoms with van der Waals surface area (Å²) in [5.74, 6) is -0.425. The number of carbonyl (C=O) groups is 1. The van der Waals surface area contributed by atoms with Gasteiger partial charge in [0.1, 0.15) is 5.82 Å². The predicted molar refractivity (Wildman–Crippen MR) is 85.1 cm³/mol. The predicted octanol–water partition coefficient (Wildman–Crippen LogP) is 4.57. The van der Waals surface area contributed by atoms with Gasteiger partial charge >= 0.3 is 0 Å². The second kappa shape index (κ2) is 6.17. The Hall–Kier alpha value is -0.740. The summed E-state index contributed by atoms with van der Waals surface area (Å²) in [7, 11) is 0. The van der Waals surface area contributed by atoms with Gasteiger partial charge in [0.2, 0.25) is 0 Å². The number of rotatable bonds is 3. The Bertz CT molecular complexity index is 534. The van der Waals surface area contributed by atoms with E-state index in [1.54, 1.807) is 18.2 Å². The van der Waals surface area contributed by atoms with Crippen LogP contribution in [0, 0.1) is 5.82 Å². The number of piperidine rings is 1. The first-order valence-corrected chi connectivity index (χ1v) is 8.68. The highest BCUT2D eigenvalue weighted by Crippen LogP contribution is 2.40. The molecule has 1 heterocycles. The molecule has 4 heteroatoms. The van der Waals surface area contributed by atoms with Gasteiger partial charge in [-0.1, -0.05) is 25.3 Å². The third-order valence-corrected chi connectivity index (χ3v) is 5.62. The third kappa shape index (κ3) is 2.68. The molecule has 1 aliphatic heterocycles. The van der Waals surface area contributed by atoms with Crippen molar-refractivity contribution in [3.05, 3.63) is 34.1 Å². The van der Waals surface area contributed by atoms with Crippen LogP contribution in [0.2, 0.25) is 0 Å². The summed E-state index contributed by atoms with van der Waals surface area (Å²) in [4.78, 5) is 15.5. The monoisotopic (exact) mass is 353 g/mol. The highest BCUT2D eigenvalue weighted by Gasteiger charge is 2.47. The van der Waals surface area contributed by atoms with Gasteiger partial charge in [0.15, 0.2) is 5.78 Å². The maximum Gasteiger partial charge on any atom is 0.186 e. The minimum absolute atomic E-state index is 0.0132. The van der Waals surface area contributed by atoms with Gasteiger partial charge in [-0.3, -0.25) is 9.69 Å². The Morgan fingerprint density at radius 3 is 2.43 bits per heavy atom. The second-order valence-corrected chi connectivity index (χ2v) is 7.07. The summed E-state index contributed by atoms with van der Waals surface area (Å²) in [5, 5.41) is 0. The second-order valence-electron chi connectivity index (χ2n) is 6.22. The van der Waals surface area contributed by atoms with Gasteiger partial charge in [0.25, 0.3) is 0 Å². The van der Waals surface area contributed by atoms with Crippen molar-refractivity contribution in [2.75, 3.05) is 13.1 Å². The fraction of sp³-hybridized carbons (Fsp3) is 0.588. The van der Waals surface area contributed by atoms with E-state index in [2.05, 4.69) is 20.8 Å². The normalized spacial score (nSPS) is 22.4. The van der Waals surface area contributed by atoms with Gasteiger partial charge in [0, 0.05) is 0 Å². The molecule has 2 aliphatic rings. The lowest BCUT2D eigenvalue weighted by Crippen LogP contribution is -2.54. The first-order valence-electron chi connectivity index (χ1n) is 7.89. The van der Waals surface area contributed by atoms with Crippen molar-refractivity contribution in [2.24, 2.45) is 0 Å². The molecule has 3 rings (SSSR count). The highest BCUT2D eigenvalue weighted by molar-refractivity contribution is 9.10. The zero-order valence-electron chi connectivity index (χ0n) is 12.2. The van der Waals surface area contributed by atoms with Crippen molar-refractivity contribution >= 4 is 21.7 Å². The summed E-state index contributed by atoms with van der Waals surface area (Å²) < 4.78 is 14.7. The topological polar surface area (TPSA) is 20.3 Å². The van der Waals surface area contributed by atoms with Crippen molar-refractivity contribution in [3.8, 4) is 0 Å². The van der Waals surface area contributed by atoms with Crippen LogP contribution in [0.25, 0.3) is 0 Å². The fourth-order valence-corrected chi connectivity index (χ4v) is 4.26. The molecule has 2 fully saturated rings. The molecule has 1 aliphatic carbocycles. The standard InChI is InChI=1S/C17H21BrFNO/c18-14-8-6-7-13(15(14)19)16(21)17(9-2-3-10-17)20-11-4-1-5-12-20/h6-8H,1-5,9-12H2. The van der Waals surface area contributed by atoms with Gasteiger partial charge in [-0.25, -0.2) is 4.39 Å². The molecular weight excluding hydrogens is 333 g/mol. The maximum absolute atomic E-state index is 14.4. The van der Waals surface area contributed by atoms with Gasteiger partial charge in [-0.05, 0) is 66.8 Å². The molecule has 1 aromatic carbocycles. The van der Waals surface area contributed by atoms with Crippen LogP contribution in [0.5, 0.6) is 0 Å². The van der Waals surface area contributed by atoms with Crippen molar-refractivity contribution in [3.63, 3.8) is 0 Å². The van der Waals surface area contributed by atoms with Gasteiger partial charge in [-0.15, -0.1) is 0 Å². The SMILES string of the molecule is O=C(c1cccc(Br)c1F)C1(N2CCCCC2)CCCC1. The van der Waals surface area contributed by atoms with Gasteiger partial charge < -0.3 is 0 Å². The van der Waals surface area contributed by atoms with E-state index in [0.29, 0.717) is 4.47 Å². The molecule has 0 unspecified atom stereocenters. The number of hydrogen-bond acceptors (Lipinski definition) is 2. The molecule has 114 valence electrons. The van der Waals surface area contributed by atoms with Crippen LogP contribution < -0.4 is 0 Å². The van der Waals surface area contributed by atoms with Crippen LogP contribution in [0.1, 0.15) is 55.3 Å². The number of Topliss-reactive ketones (excluding diaryl/α,β-unsaturated/α-hetero) is 1. The van der Waals surface area contributed by atoms with E-state index in [1.807, 2.05) is 0 Å². The fourth-order valence-electron chi connectivity index (χ4n) is 3.90. The van der Waals surface area contributed by atoms with Crippen LogP contribution in [-0.4, -0.2) is 29.3 Å². The number of ketones is 1. The Labute approximate surface area is 133 Å². The van der Waals surface area contributed by atoms with Crippen molar-refractivity contribution in [1.82, 2.24) is 4.90 Å². The average molecular weight is 354 g/mol. The summed E-state index contributed by atoms with van der Waals surface area (Å²) in [6, 6.07) is 5.03. The Morgan fingerprint density at radius 2 is 1.76 bits per heavy atom. The summed E-state index contributed by atoms with van der Waals surface area (Å²) in [5.41, 5.74) is -0.209. The minimum atomic E-state index is -0.456. The molecule has 0 bridgehead atoms. The highest BCUT2D eigenvalue weighted by atomic mass is 79.9. The minimum Gasteiger partial charge on any atom is -0.292 e. The number of benzene rings is 1. The van der Waals surface area contributed by atoms with E-state index < -0.39 is 11.4 Å². The molecular formula is C17H21BrFNO. The van der Waals surface area contributed by atoms with E-state index >= 15 is 0 Å². The smallest absolute Gasteiger partial charge is 0.186 e. The zero-order valence-corrected chi connectivity index (χ0v) is 13.8. The molecule has 0 amide bonds. The summed E-state index contributed by atoms with van der Waals surface area (Å²) in [6.45, 7) is 1.95. The molecule has 0 radical (unpaired) electrons. The van der Waals surface area contributed by atoms with Crippen LogP contribution >= 0.6 is 15.9 Å².